The topological polar surface area (TPSA) is 20.3 Å². The molecule has 0 aromatic heterocycles. The minimum atomic E-state index is -3.12. The maximum absolute atomic E-state index is 15.7. The molecule has 4 heteroatoms. The van der Waals surface area contributed by atoms with Crippen LogP contribution >= 0.6 is 15.2 Å². The third-order valence-electron chi connectivity index (χ3n) is 6.13. The van der Waals surface area contributed by atoms with E-state index in [4.69, 9.17) is 0 Å². The van der Waals surface area contributed by atoms with Crippen LogP contribution in [-0.4, -0.2) is 17.8 Å². The van der Waals surface area contributed by atoms with Crippen LogP contribution in [-0.2, 0) is 4.57 Å². The van der Waals surface area contributed by atoms with Crippen LogP contribution in [0.5, 0.6) is 0 Å². The van der Waals surface area contributed by atoms with Gasteiger partial charge in [-0.3, -0.25) is 4.57 Å². The summed E-state index contributed by atoms with van der Waals surface area (Å²) >= 11 is 0. The van der Waals surface area contributed by atoms with E-state index in [1.54, 1.807) is 0 Å². The zero-order chi connectivity index (χ0) is 25.5. The summed E-state index contributed by atoms with van der Waals surface area (Å²) < 4.78 is 18.0. The van der Waals surface area contributed by atoms with Crippen LogP contribution in [0.1, 0.15) is 27.7 Å². The summed E-state index contributed by atoms with van der Waals surface area (Å²) in [6, 6.07) is 40.1. The molecule has 2 nitrogen and oxygen atoms in total. The summed E-state index contributed by atoms with van der Waals surface area (Å²) in [6.45, 7) is 10.4. The Morgan fingerprint density at radius 2 is 1.03 bits per heavy atom. The van der Waals surface area contributed by atoms with Crippen LogP contribution in [0.4, 0.5) is 0 Å². The molecular weight excluding hydrogens is 476 g/mol. The van der Waals surface area contributed by atoms with Crippen molar-refractivity contribution >= 4 is 41.7 Å². The van der Waals surface area contributed by atoms with Crippen molar-refractivity contribution in [1.29, 1.82) is 0 Å². The molecule has 0 aliphatic rings. The minimum absolute atomic E-state index is 0.401. The molecule has 0 heterocycles. The van der Waals surface area contributed by atoms with E-state index in [0.717, 1.165) is 23.7 Å². The molecule has 0 saturated heterocycles. The highest BCUT2D eigenvalue weighted by Crippen LogP contribution is 2.50. The average molecular weight is 514 g/mol. The molecule has 0 bridgehead atoms. The van der Waals surface area contributed by atoms with Crippen molar-refractivity contribution in [3.63, 3.8) is 0 Å². The Bertz CT molecular complexity index is 1220. The van der Waals surface area contributed by atoms with Crippen LogP contribution in [0.3, 0.4) is 0 Å². The van der Waals surface area contributed by atoms with Crippen LogP contribution in [0.15, 0.2) is 115 Å². The Hall–Kier alpha value is -2.50. The van der Waals surface area contributed by atoms with Gasteiger partial charge in [0.2, 0.25) is 7.29 Å². The highest BCUT2D eigenvalue weighted by molar-refractivity contribution is 7.84. The van der Waals surface area contributed by atoms with Gasteiger partial charge in [-0.2, -0.15) is 0 Å². The number of hydrogen-bond donors (Lipinski definition) is 0. The Morgan fingerprint density at radius 1 is 0.611 bits per heavy atom. The Kier molecular flexibility index (Phi) is 8.97. The van der Waals surface area contributed by atoms with Crippen molar-refractivity contribution in [2.24, 2.45) is 11.8 Å². The lowest BCUT2D eigenvalue weighted by atomic mass is 10.2. The van der Waals surface area contributed by atoms with Crippen LogP contribution in [0.2, 0.25) is 0 Å². The second-order valence-corrected chi connectivity index (χ2v) is 15.0. The zero-order valence-electron chi connectivity index (χ0n) is 21.8. The Labute approximate surface area is 218 Å². The van der Waals surface area contributed by atoms with Gasteiger partial charge in [-0.05, 0) is 53.9 Å². The molecule has 0 spiro atoms. The van der Waals surface area contributed by atoms with Gasteiger partial charge in [0.05, 0.1) is 0 Å². The second-order valence-electron chi connectivity index (χ2n) is 10.1. The maximum atomic E-state index is 15.7. The van der Waals surface area contributed by atoms with E-state index in [1.807, 2.05) is 18.2 Å². The van der Waals surface area contributed by atoms with Crippen LogP contribution in [0, 0.1) is 11.8 Å². The molecule has 1 unspecified atom stereocenters. The van der Waals surface area contributed by atoms with E-state index in [-0.39, 0.29) is 0 Å². The summed E-state index contributed by atoms with van der Waals surface area (Å²) in [5, 5.41) is 5.59. The Balaban J connectivity index is 2.00. The lowest BCUT2D eigenvalue weighted by Crippen LogP contribution is -2.42. The average Bonchev–Trinajstić information content (AvgIpc) is 2.89. The molecule has 0 radical (unpaired) electrons. The highest BCUT2D eigenvalue weighted by atomic mass is 31.2. The van der Waals surface area contributed by atoms with E-state index < -0.39 is 15.2 Å². The molecule has 0 fully saturated rings. The summed E-state index contributed by atoms with van der Waals surface area (Å²) in [4.78, 5) is 0. The second kappa shape index (κ2) is 12.2. The van der Waals surface area contributed by atoms with Crippen molar-refractivity contribution in [1.82, 2.24) is 4.67 Å². The third kappa shape index (κ3) is 5.90. The number of nitrogens with zero attached hydrogens (tertiary/aromatic N) is 1. The normalized spacial score (nSPS) is 13.4. The van der Waals surface area contributed by atoms with Gasteiger partial charge in [0.1, 0.15) is 0 Å². The van der Waals surface area contributed by atoms with E-state index in [9.17, 15) is 0 Å². The monoisotopic (exact) mass is 513 g/mol. The molecule has 4 aromatic rings. The lowest BCUT2D eigenvalue weighted by Gasteiger charge is -2.37. The molecule has 186 valence electrons. The van der Waals surface area contributed by atoms with Crippen molar-refractivity contribution in [3.05, 3.63) is 115 Å². The summed E-state index contributed by atoms with van der Waals surface area (Å²) in [5.74, 6) is 0.801. The molecule has 0 aliphatic carbocycles. The lowest BCUT2D eigenvalue weighted by molar-refractivity contribution is 0.339. The summed E-state index contributed by atoms with van der Waals surface area (Å²) in [5.41, 5.74) is 0. The first-order chi connectivity index (χ1) is 17.4. The fourth-order valence-electron chi connectivity index (χ4n) is 4.72. The quantitative estimate of drug-likeness (QED) is 0.232. The van der Waals surface area contributed by atoms with Crippen LogP contribution < -0.4 is 26.5 Å². The zero-order valence-corrected chi connectivity index (χ0v) is 23.6. The van der Waals surface area contributed by atoms with E-state index in [0.29, 0.717) is 11.8 Å². The van der Waals surface area contributed by atoms with Gasteiger partial charge in [-0.25, -0.2) is 4.67 Å². The molecule has 0 saturated carbocycles. The molecule has 0 aliphatic heterocycles. The van der Waals surface area contributed by atoms with Gasteiger partial charge in [-0.1, -0.05) is 125 Å². The Morgan fingerprint density at radius 3 is 1.50 bits per heavy atom. The number of rotatable bonds is 10. The first kappa shape index (κ1) is 26.6. The molecule has 4 aromatic carbocycles. The molecular formula is C32H37NOP2. The van der Waals surface area contributed by atoms with Gasteiger partial charge < -0.3 is 0 Å². The smallest absolute Gasteiger partial charge is 0.207 e. The maximum Gasteiger partial charge on any atom is 0.207 e. The summed E-state index contributed by atoms with van der Waals surface area (Å²) in [7, 11) is -4.01. The standard InChI is InChI=1S/C32H37NOP2/c1-26(2)24-33(25-27(3)4)36(34,30-20-12-7-13-21-30)32-23-15-14-22-31(32)35(28-16-8-5-9-17-28)29-18-10-6-11-19-29/h5-23,26-27H,24-25H2,1-4H3. The van der Waals surface area contributed by atoms with Crippen molar-refractivity contribution in [2.45, 2.75) is 27.7 Å². The van der Waals surface area contributed by atoms with Gasteiger partial charge in [0.25, 0.3) is 0 Å². The molecule has 0 N–H and O–H groups in total. The van der Waals surface area contributed by atoms with Crippen molar-refractivity contribution < 1.29 is 4.57 Å². The molecule has 1 atom stereocenters. The molecule has 4 rings (SSSR count). The van der Waals surface area contributed by atoms with Gasteiger partial charge in [0.15, 0.2) is 0 Å². The molecule has 0 amide bonds. The number of benzene rings is 4. The van der Waals surface area contributed by atoms with Gasteiger partial charge >= 0.3 is 0 Å². The predicted octanol–water partition coefficient (Wildman–Crippen LogP) is 6.29. The highest BCUT2D eigenvalue weighted by Gasteiger charge is 2.38. The minimum Gasteiger partial charge on any atom is -0.296 e. The third-order valence-corrected chi connectivity index (χ3v) is 12.0. The number of hydrogen-bond acceptors (Lipinski definition) is 1. The first-order valence-corrected chi connectivity index (χ1v) is 15.8. The SMILES string of the molecule is CC(C)CN(CC(C)C)P(=O)(c1ccccc1)c1ccccc1P(c1ccccc1)c1ccccc1. The first-order valence-electron chi connectivity index (χ1n) is 12.8. The summed E-state index contributed by atoms with van der Waals surface area (Å²) in [6.07, 6.45) is 0. The van der Waals surface area contributed by atoms with E-state index in [1.165, 1.54) is 15.9 Å². The fraction of sp³-hybridized carbons (Fsp3) is 0.250. The fourth-order valence-corrected chi connectivity index (χ4v) is 11.0. The van der Waals surface area contributed by atoms with Crippen LogP contribution in [0.25, 0.3) is 0 Å². The largest absolute Gasteiger partial charge is 0.296 e. The van der Waals surface area contributed by atoms with Gasteiger partial charge in [0, 0.05) is 23.7 Å². The van der Waals surface area contributed by atoms with E-state index >= 15 is 4.57 Å². The molecule has 36 heavy (non-hydrogen) atoms. The van der Waals surface area contributed by atoms with Crippen molar-refractivity contribution in [2.75, 3.05) is 13.1 Å². The predicted molar refractivity (Wildman–Crippen MR) is 160 cm³/mol. The van der Waals surface area contributed by atoms with Crippen molar-refractivity contribution in [3.8, 4) is 0 Å². The van der Waals surface area contributed by atoms with Gasteiger partial charge in [-0.15, -0.1) is 0 Å². The van der Waals surface area contributed by atoms with E-state index in [2.05, 4.69) is 129 Å².